The van der Waals surface area contributed by atoms with E-state index in [-0.39, 0.29) is 15.5 Å². The summed E-state index contributed by atoms with van der Waals surface area (Å²) >= 11 is 6.18. The lowest BCUT2D eigenvalue weighted by atomic mass is 10.0. The minimum absolute atomic E-state index is 0.0307. The second kappa shape index (κ2) is 5.11. The molecule has 0 unspecified atom stereocenters. The lowest BCUT2D eigenvalue weighted by Crippen LogP contribution is -2.08. The third-order valence-corrected chi connectivity index (χ3v) is 5.00. The van der Waals surface area contributed by atoms with Crippen molar-refractivity contribution in [1.82, 2.24) is 0 Å². The Morgan fingerprint density at radius 1 is 0.900 bits per heavy atom. The number of phenolic OH excluding ortho intramolecular Hbond substituents is 1. The number of aromatic hydroxyl groups is 1. The van der Waals surface area contributed by atoms with E-state index in [4.69, 9.17) is 11.6 Å². The molecule has 0 bridgehead atoms. The van der Waals surface area contributed by atoms with Crippen LogP contribution < -0.4 is 0 Å². The molecule has 0 heterocycles. The quantitative estimate of drug-likeness (QED) is 0.879. The molecule has 2 rings (SSSR count). The number of benzene rings is 2. The number of hydrogen-bond acceptors (Lipinski definition) is 3. The lowest BCUT2D eigenvalue weighted by molar-refractivity contribution is 0.475. The maximum Gasteiger partial charge on any atom is 0.206 e. The van der Waals surface area contributed by atoms with E-state index in [1.807, 2.05) is 13.8 Å². The van der Waals surface area contributed by atoms with Crippen LogP contribution in [-0.4, -0.2) is 13.5 Å². The number of alkyl halides is 1. The molecule has 3 nitrogen and oxygen atoms in total. The van der Waals surface area contributed by atoms with Crippen molar-refractivity contribution < 1.29 is 13.5 Å². The van der Waals surface area contributed by atoms with E-state index < -0.39 is 14.7 Å². The van der Waals surface area contributed by atoms with Gasteiger partial charge in [0.05, 0.1) is 14.7 Å². The van der Waals surface area contributed by atoms with Crippen LogP contribution in [0.1, 0.15) is 19.4 Å². The molecule has 1 N–H and O–H groups in total. The van der Waals surface area contributed by atoms with Gasteiger partial charge in [-0.3, -0.25) is 0 Å². The van der Waals surface area contributed by atoms with Crippen LogP contribution in [-0.2, 0) is 14.7 Å². The van der Waals surface area contributed by atoms with Gasteiger partial charge < -0.3 is 5.11 Å². The summed E-state index contributed by atoms with van der Waals surface area (Å²) < 4.78 is 24.8. The van der Waals surface area contributed by atoms with E-state index in [9.17, 15) is 13.5 Å². The predicted octanol–water partition coefficient (Wildman–Crippen LogP) is 3.70. The van der Waals surface area contributed by atoms with Gasteiger partial charge >= 0.3 is 0 Å². The summed E-state index contributed by atoms with van der Waals surface area (Å²) in [6, 6.07) is 12.0. The summed E-state index contributed by atoms with van der Waals surface area (Å²) in [4.78, 5) is -0.193. The van der Waals surface area contributed by atoms with Crippen LogP contribution in [0.2, 0.25) is 0 Å². The Labute approximate surface area is 123 Å². The fraction of sp³-hybridized carbons (Fsp3) is 0.200. The fourth-order valence-corrected chi connectivity index (χ4v) is 3.18. The average molecular weight is 311 g/mol. The monoisotopic (exact) mass is 310 g/mol. The molecule has 5 heteroatoms. The van der Waals surface area contributed by atoms with E-state index in [1.165, 1.54) is 24.3 Å². The maximum atomic E-state index is 12.4. The van der Waals surface area contributed by atoms with E-state index in [2.05, 4.69) is 0 Å². The molecule has 2 aromatic rings. The van der Waals surface area contributed by atoms with Gasteiger partial charge in [0.15, 0.2) is 0 Å². The minimum Gasteiger partial charge on any atom is -0.508 e. The third kappa shape index (κ3) is 2.97. The van der Waals surface area contributed by atoms with Crippen molar-refractivity contribution in [1.29, 1.82) is 0 Å². The van der Waals surface area contributed by atoms with Gasteiger partial charge in [0, 0.05) is 0 Å². The average Bonchev–Trinajstić information content (AvgIpc) is 2.38. The molecular formula is C15H15ClO3S. The minimum atomic E-state index is -3.57. The number of rotatable bonds is 3. The van der Waals surface area contributed by atoms with Gasteiger partial charge in [0.25, 0.3) is 0 Å². The predicted molar refractivity (Wildman–Crippen MR) is 78.9 cm³/mol. The summed E-state index contributed by atoms with van der Waals surface area (Å²) in [7, 11) is -3.57. The highest BCUT2D eigenvalue weighted by molar-refractivity contribution is 7.91. The van der Waals surface area contributed by atoms with Gasteiger partial charge in [0.1, 0.15) is 5.75 Å². The zero-order valence-corrected chi connectivity index (χ0v) is 12.7. The van der Waals surface area contributed by atoms with E-state index in [1.54, 1.807) is 24.3 Å². The molecule has 20 heavy (non-hydrogen) atoms. The van der Waals surface area contributed by atoms with Crippen molar-refractivity contribution in [3.8, 4) is 5.75 Å². The fourth-order valence-electron chi connectivity index (χ4n) is 1.79. The molecular weight excluding hydrogens is 296 g/mol. The number of halogens is 1. The molecule has 0 aliphatic heterocycles. The smallest absolute Gasteiger partial charge is 0.206 e. The first kappa shape index (κ1) is 14.9. The Kier molecular flexibility index (Phi) is 3.80. The van der Waals surface area contributed by atoms with Crippen LogP contribution in [0.15, 0.2) is 58.3 Å². The van der Waals surface area contributed by atoms with Gasteiger partial charge in [-0.2, -0.15) is 0 Å². The molecule has 0 fully saturated rings. The first-order chi connectivity index (χ1) is 9.21. The molecule has 0 aromatic heterocycles. The number of phenols is 1. The van der Waals surface area contributed by atoms with Crippen molar-refractivity contribution in [3.05, 3.63) is 54.1 Å². The Hall–Kier alpha value is -1.52. The van der Waals surface area contributed by atoms with Crippen LogP contribution in [0.5, 0.6) is 5.75 Å². The van der Waals surface area contributed by atoms with Gasteiger partial charge in [-0.15, -0.1) is 11.6 Å². The van der Waals surface area contributed by atoms with E-state index >= 15 is 0 Å². The number of sulfone groups is 1. The molecule has 0 spiro atoms. The summed E-state index contributed by atoms with van der Waals surface area (Å²) in [5.41, 5.74) is 0.851. The molecule has 0 aliphatic carbocycles. The van der Waals surface area contributed by atoms with E-state index in [0.717, 1.165) is 5.56 Å². The van der Waals surface area contributed by atoms with Crippen molar-refractivity contribution in [2.45, 2.75) is 28.5 Å². The second-order valence-electron chi connectivity index (χ2n) is 4.99. The molecule has 0 amide bonds. The van der Waals surface area contributed by atoms with Crippen LogP contribution in [0, 0.1) is 0 Å². The molecule has 2 aromatic carbocycles. The van der Waals surface area contributed by atoms with Crippen molar-refractivity contribution >= 4 is 21.4 Å². The summed E-state index contributed by atoms with van der Waals surface area (Å²) in [5, 5.41) is 9.21. The molecule has 0 radical (unpaired) electrons. The molecule has 0 saturated heterocycles. The summed E-state index contributed by atoms with van der Waals surface area (Å²) in [5.74, 6) is 0.0307. The van der Waals surface area contributed by atoms with Crippen LogP contribution in [0.25, 0.3) is 0 Å². The standard InChI is InChI=1S/C15H15ClO3S/c1-15(2,16)11-3-7-13(8-4-11)20(18,19)14-9-5-12(17)6-10-14/h3-10,17H,1-2H3. The third-order valence-electron chi connectivity index (χ3n) is 3.00. The number of hydrogen-bond donors (Lipinski definition) is 1. The largest absolute Gasteiger partial charge is 0.508 e. The Bertz CT molecular complexity index is 696. The van der Waals surface area contributed by atoms with Crippen molar-refractivity contribution in [2.75, 3.05) is 0 Å². The van der Waals surface area contributed by atoms with Gasteiger partial charge in [0.2, 0.25) is 9.84 Å². The van der Waals surface area contributed by atoms with Gasteiger partial charge in [-0.25, -0.2) is 8.42 Å². The normalized spacial score (nSPS) is 12.3. The van der Waals surface area contributed by atoms with Crippen LogP contribution >= 0.6 is 11.6 Å². The van der Waals surface area contributed by atoms with Crippen LogP contribution in [0.4, 0.5) is 0 Å². The zero-order chi connectivity index (χ0) is 15.0. The lowest BCUT2D eigenvalue weighted by Gasteiger charge is -2.16. The highest BCUT2D eigenvalue weighted by Gasteiger charge is 2.20. The Morgan fingerprint density at radius 2 is 1.30 bits per heavy atom. The molecule has 0 saturated carbocycles. The topological polar surface area (TPSA) is 54.4 Å². The Balaban J connectivity index is 2.42. The first-order valence-corrected chi connectivity index (χ1v) is 7.91. The Morgan fingerprint density at radius 3 is 1.70 bits per heavy atom. The first-order valence-electron chi connectivity index (χ1n) is 6.05. The summed E-state index contributed by atoms with van der Waals surface area (Å²) in [6.07, 6.45) is 0. The van der Waals surface area contributed by atoms with Crippen molar-refractivity contribution in [2.24, 2.45) is 0 Å². The summed E-state index contributed by atoms with van der Waals surface area (Å²) in [6.45, 7) is 3.69. The van der Waals surface area contributed by atoms with Crippen molar-refractivity contribution in [3.63, 3.8) is 0 Å². The zero-order valence-electron chi connectivity index (χ0n) is 11.2. The van der Waals surface area contributed by atoms with E-state index in [0.29, 0.717) is 0 Å². The maximum absolute atomic E-state index is 12.4. The highest BCUT2D eigenvalue weighted by Crippen LogP contribution is 2.29. The van der Waals surface area contributed by atoms with Crippen LogP contribution in [0.3, 0.4) is 0 Å². The molecule has 0 atom stereocenters. The second-order valence-corrected chi connectivity index (χ2v) is 7.89. The molecule has 106 valence electrons. The van der Waals surface area contributed by atoms with Gasteiger partial charge in [-0.05, 0) is 55.8 Å². The highest BCUT2D eigenvalue weighted by atomic mass is 35.5. The van der Waals surface area contributed by atoms with Gasteiger partial charge in [-0.1, -0.05) is 12.1 Å². The SMILES string of the molecule is CC(C)(Cl)c1ccc(S(=O)(=O)c2ccc(O)cc2)cc1. The molecule has 0 aliphatic rings.